The molecule has 3 aromatic rings. The zero-order valence-electron chi connectivity index (χ0n) is 23.7. The van der Waals surface area contributed by atoms with E-state index < -0.39 is 0 Å². The second kappa shape index (κ2) is 12.1. The van der Waals surface area contributed by atoms with Crippen molar-refractivity contribution in [2.75, 3.05) is 7.11 Å². The number of fused-ring (bicyclic) bond motifs is 1. The van der Waals surface area contributed by atoms with Crippen LogP contribution in [0, 0.1) is 11.2 Å². The first-order valence-electron chi connectivity index (χ1n) is 13.9. The first kappa shape index (κ1) is 27.9. The van der Waals surface area contributed by atoms with Gasteiger partial charge in [0.05, 0.1) is 13.3 Å². The van der Waals surface area contributed by atoms with Crippen molar-refractivity contribution in [1.29, 1.82) is 0 Å². The standard InChI is InChI=1S/C34H42FNO2/c1-7-15-34(4,5)20-27-17-24(11-14-29(27)31-19-33(37-6)36-21-32(31)35)22-38-28-13-12-25-9-8-10-26(16-23(2)3)30(25)18-28/h11-14,17-19,21,26H,2,7-10,15-16,20,22H2,1,3-6H3. The SMILES string of the molecule is C=C(C)CC1CCCc2ccc(OCc3ccc(-c4cc(OC)ncc4F)c(CC(C)(C)CCC)c3)cc21. The second-order valence-electron chi connectivity index (χ2n) is 11.7. The highest BCUT2D eigenvalue weighted by Crippen LogP contribution is 2.38. The number of nitrogens with zero attached hydrogens (tertiary/aromatic N) is 1. The predicted molar refractivity (Wildman–Crippen MR) is 154 cm³/mol. The second-order valence-corrected chi connectivity index (χ2v) is 11.7. The van der Waals surface area contributed by atoms with Gasteiger partial charge in [0.15, 0.2) is 0 Å². The zero-order valence-corrected chi connectivity index (χ0v) is 23.7. The number of benzene rings is 2. The average Bonchev–Trinajstić information content (AvgIpc) is 2.88. The lowest BCUT2D eigenvalue weighted by atomic mass is 9.79. The number of aromatic nitrogens is 1. The maximum absolute atomic E-state index is 14.9. The normalized spacial score (nSPS) is 15.2. The van der Waals surface area contributed by atoms with Gasteiger partial charge in [0.2, 0.25) is 5.88 Å². The molecular weight excluding hydrogens is 473 g/mol. The third-order valence-corrected chi connectivity index (χ3v) is 7.65. The smallest absolute Gasteiger partial charge is 0.213 e. The number of ether oxygens (including phenoxy) is 2. The fraction of sp³-hybridized carbons (Fsp3) is 0.441. The molecule has 2 aromatic carbocycles. The Bertz CT molecular complexity index is 1280. The van der Waals surface area contributed by atoms with E-state index in [0.717, 1.165) is 54.5 Å². The Morgan fingerprint density at radius 1 is 1.13 bits per heavy atom. The molecule has 38 heavy (non-hydrogen) atoms. The van der Waals surface area contributed by atoms with Crippen molar-refractivity contribution in [1.82, 2.24) is 4.98 Å². The number of aryl methyl sites for hydroxylation is 1. The summed E-state index contributed by atoms with van der Waals surface area (Å²) in [6, 6.07) is 14.5. The Labute approximate surface area is 228 Å². The van der Waals surface area contributed by atoms with E-state index in [1.165, 1.54) is 35.7 Å². The fourth-order valence-electron chi connectivity index (χ4n) is 5.93. The van der Waals surface area contributed by atoms with E-state index in [2.05, 4.69) is 63.5 Å². The topological polar surface area (TPSA) is 31.4 Å². The zero-order chi connectivity index (χ0) is 27.3. The third kappa shape index (κ3) is 6.83. The minimum absolute atomic E-state index is 0.0906. The van der Waals surface area contributed by atoms with Crippen LogP contribution in [0.15, 0.2) is 60.8 Å². The minimum atomic E-state index is -0.345. The van der Waals surface area contributed by atoms with Gasteiger partial charge in [0.25, 0.3) is 0 Å². The summed E-state index contributed by atoms with van der Waals surface area (Å²) in [7, 11) is 1.55. The Morgan fingerprint density at radius 3 is 2.68 bits per heavy atom. The summed E-state index contributed by atoms with van der Waals surface area (Å²) in [5.74, 6) is 1.49. The van der Waals surface area contributed by atoms with Crippen molar-refractivity contribution >= 4 is 0 Å². The molecule has 0 saturated carbocycles. The van der Waals surface area contributed by atoms with E-state index in [1.54, 1.807) is 13.2 Å². The molecule has 0 N–H and O–H groups in total. The Morgan fingerprint density at radius 2 is 1.95 bits per heavy atom. The summed E-state index contributed by atoms with van der Waals surface area (Å²) in [6.45, 7) is 13.5. The Kier molecular flexibility index (Phi) is 8.91. The molecule has 4 heteroatoms. The minimum Gasteiger partial charge on any atom is -0.489 e. The quantitative estimate of drug-likeness (QED) is 0.239. The highest BCUT2D eigenvalue weighted by Gasteiger charge is 2.23. The first-order chi connectivity index (χ1) is 18.2. The van der Waals surface area contributed by atoms with Crippen molar-refractivity contribution < 1.29 is 13.9 Å². The molecule has 3 nitrogen and oxygen atoms in total. The number of pyridine rings is 1. The van der Waals surface area contributed by atoms with Crippen molar-refractivity contribution in [3.8, 4) is 22.8 Å². The average molecular weight is 516 g/mol. The molecule has 0 radical (unpaired) electrons. The number of methoxy groups -OCH3 is 1. The fourth-order valence-corrected chi connectivity index (χ4v) is 5.93. The van der Waals surface area contributed by atoms with Gasteiger partial charge >= 0.3 is 0 Å². The van der Waals surface area contributed by atoms with Gasteiger partial charge in [-0.1, -0.05) is 57.0 Å². The van der Waals surface area contributed by atoms with Crippen molar-refractivity contribution in [3.63, 3.8) is 0 Å². The van der Waals surface area contributed by atoms with Crippen molar-refractivity contribution in [3.05, 3.63) is 88.9 Å². The molecular formula is C34H42FNO2. The van der Waals surface area contributed by atoms with Crippen LogP contribution in [0.1, 0.15) is 88.0 Å². The van der Waals surface area contributed by atoms with Gasteiger partial charge < -0.3 is 9.47 Å². The van der Waals surface area contributed by atoms with Crippen LogP contribution in [0.25, 0.3) is 11.1 Å². The molecule has 0 saturated heterocycles. The van der Waals surface area contributed by atoms with E-state index in [4.69, 9.17) is 9.47 Å². The lowest BCUT2D eigenvalue weighted by Gasteiger charge is -2.27. The number of allylic oxidation sites excluding steroid dienone is 1. The molecule has 1 atom stereocenters. The summed E-state index contributed by atoms with van der Waals surface area (Å²) in [4.78, 5) is 4.03. The molecule has 1 aliphatic rings. The molecule has 0 fully saturated rings. The number of rotatable bonds is 11. The highest BCUT2D eigenvalue weighted by molar-refractivity contribution is 5.69. The number of halogens is 1. The molecule has 0 bridgehead atoms. The van der Waals surface area contributed by atoms with E-state index in [0.29, 0.717) is 24.0 Å². The Balaban J connectivity index is 1.61. The van der Waals surface area contributed by atoms with Crippen LogP contribution in [0.2, 0.25) is 0 Å². The summed E-state index contributed by atoms with van der Waals surface area (Å²) in [5.41, 5.74) is 7.77. The van der Waals surface area contributed by atoms with Crippen LogP contribution in [-0.4, -0.2) is 12.1 Å². The summed E-state index contributed by atoms with van der Waals surface area (Å²) in [6.07, 6.45) is 8.89. The lowest BCUT2D eigenvalue weighted by Crippen LogP contribution is -2.15. The van der Waals surface area contributed by atoms with Crippen LogP contribution in [0.4, 0.5) is 4.39 Å². The van der Waals surface area contributed by atoms with Gasteiger partial charge in [-0.15, -0.1) is 6.58 Å². The molecule has 1 aliphatic carbocycles. The Hall–Kier alpha value is -3.14. The van der Waals surface area contributed by atoms with Gasteiger partial charge in [0, 0.05) is 11.6 Å². The molecule has 4 rings (SSSR count). The van der Waals surface area contributed by atoms with E-state index in [-0.39, 0.29) is 11.2 Å². The van der Waals surface area contributed by atoms with Crippen LogP contribution in [-0.2, 0) is 19.4 Å². The van der Waals surface area contributed by atoms with Gasteiger partial charge in [-0.05, 0) is 96.7 Å². The van der Waals surface area contributed by atoms with Crippen molar-refractivity contribution in [2.45, 2.75) is 85.2 Å². The van der Waals surface area contributed by atoms with Crippen LogP contribution < -0.4 is 9.47 Å². The number of hydrogen-bond acceptors (Lipinski definition) is 3. The molecule has 0 aliphatic heterocycles. The van der Waals surface area contributed by atoms with Crippen molar-refractivity contribution in [2.24, 2.45) is 5.41 Å². The highest BCUT2D eigenvalue weighted by atomic mass is 19.1. The monoisotopic (exact) mass is 515 g/mol. The van der Waals surface area contributed by atoms with Crippen LogP contribution in [0.3, 0.4) is 0 Å². The summed E-state index contributed by atoms with van der Waals surface area (Å²) in [5, 5.41) is 0. The first-order valence-corrected chi connectivity index (χ1v) is 13.9. The van der Waals surface area contributed by atoms with E-state index in [9.17, 15) is 4.39 Å². The maximum atomic E-state index is 14.9. The van der Waals surface area contributed by atoms with Gasteiger partial charge in [0.1, 0.15) is 18.2 Å². The van der Waals surface area contributed by atoms with Gasteiger partial charge in [-0.2, -0.15) is 0 Å². The maximum Gasteiger partial charge on any atom is 0.213 e. The van der Waals surface area contributed by atoms with Gasteiger partial charge in [-0.25, -0.2) is 9.37 Å². The van der Waals surface area contributed by atoms with Crippen LogP contribution >= 0.6 is 0 Å². The molecule has 1 unspecified atom stereocenters. The largest absolute Gasteiger partial charge is 0.489 e. The predicted octanol–water partition coefficient (Wildman–Crippen LogP) is 9.23. The van der Waals surface area contributed by atoms with Gasteiger partial charge in [-0.3, -0.25) is 0 Å². The third-order valence-electron chi connectivity index (χ3n) is 7.65. The molecule has 1 heterocycles. The van der Waals surface area contributed by atoms with E-state index in [1.807, 2.05) is 12.1 Å². The molecule has 202 valence electrons. The molecule has 1 aromatic heterocycles. The lowest BCUT2D eigenvalue weighted by molar-refractivity contribution is 0.304. The van der Waals surface area contributed by atoms with E-state index >= 15 is 0 Å². The van der Waals surface area contributed by atoms with Crippen LogP contribution in [0.5, 0.6) is 11.6 Å². The summed E-state index contributed by atoms with van der Waals surface area (Å²) >= 11 is 0. The molecule has 0 spiro atoms. The number of hydrogen-bond donors (Lipinski definition) is 0. The summed E-state index contributed by atoms with van der Waals surface area (Å²) < 4.78 is 26.5. The molecule has 0 amide bonds.